The van der Waals surface area contributed by atoms with Crippen molar-refractivity contribution in [3.05, 3.63) is 70.8 Å². The zero-order valence-electron chi connectivity index (χ0n) is 16.9. The average Bonchev–Trinajstić information content (AvgIpc) is 3.34. The van der Waals surface area contributed by atoms with Gasteiger partial charge < -0.3 is 4.90 Å². The second-order valence-corrected chi connectivity index (χ2v) is 9.13. The molecule has 0 amide bonds. The third kappa shape index (κ3) is 3.26. The van der Waals surface area contributed by atoms with E-state index in [0.29, 0.717) is 10.2 Å². The molecule has 2 aromatic carbocycles. The van der Waals surface area contributed by atoms with Crippen LogP contribution in [0.3, 0.4) is 0 Å². The Labute approximate surface area is 187 Å². The molecule has 0 saturated carbocycles. The fraction of sp³-hybridized carbons (Fsp3) is 0.130. The number of rotatable bonds is 4. The lowest BCUT2D eigenvalue weighted by atomic mass is 10.1. The van der Waals surface area contributed by atoms with E-state index in [-0.39, 0.29) is 17.1 Å². The van der Waals surface area contributed by atoms with Gasteiger partial charge in [0.15, 0.2) is 16.6 Å². The van der Waals surface area contributed by atoms with Crippen LogP contribution >= 0.6 is 23.5 Å². The van der Waals surface area contributed by atoms with Gasteiger partial charge in [0, 0.05) is 17.3 Å². The Balaban J connectivity index is 1.45. The molecule has 6 nitrogen and oxygen atoms in total. The summed E-state index contributed by atoms with van der Waals surface area (Å²) in [5.41, 5.74) is 4.04. The minimum atomic E-state index is -0.220. The van der Waals surface area contributed by atoms with Gasteiger partial charge in [0.2, 0.25) is 0 Å². The van der Waals surface area contributed by atoms with Crippen molar-refractivity contribution >= 4 is 51.5 Å². The third-order valence-electron chi connectivity index (χ3n) is 5.25. The van der Waals surface area contributed by atoms with Gasteiger partial charge >= 0.3 is 0 Å². The first-order chi connectivity index (χ1) is 15.1. The lowest BCUT2D eigenvalue weighted by Crippen LogP contribution is -2.16. The molecule has 5 rings (SSSR count). The number of thioether (sulfide) groups is 2. The molecule has 0 N–H and O–H groups in total. The van der Waals surface area contributed by atoms with Crippen molar-refractivity contribution in [3.8, 4) is 6.07 Å². The molecular weight excluding hydrogens is 426 g/mol. The number of carbonyl (C=O) groups is 1. The number of anilines is 1. The van der Waals surface area contributed by atoms with Crippen LogP contribution in [0.25, 0.3) is 16.6 Å². The standard InChI is InChI=1S/C23H17N5OS2/c1-14-11-21-25-26-23(28(21)17-8-4-3-7-15(14)17)30-13-19(29)16(12-24)22-27(2)18-9-5-6-10-20(18)31-22/h3-11H,13H2,1-2H3. The highest BCUT2D eigenvalue weighted by Crippen LogP contribution is 2.46. The smallest absolute Gasteiger partial charge is 0.196 e. The summed E-state index contributed by atoms with van der Waals surface area (Å²) < 4.78 is 1.96. The van der Waals surface area contributed by atoms with Crippen LogP contribution < -0.4 is 4.90 Å². The molecule has 0 bridgehead atoms. The van der Waals surface area contributed by atoms with Gasteiger partial charge in [0.05, 0.1) is 17.0 Å². The van der Waals surface area contributed by atoms with Gasteiger partial charge in [-0.3, -0.25) is 9.20 Å². The lowest BCUT2D eigenvalue weighted by molar-refractivity contribution is -0.112. The zero-order valence-corrected chi connectivity index (χ0v) is 18.5. The van der Waals surface area contributed by atoms with Crippen LogP contribution in [0.15, 0.2) is 75.3 Å². The number of carbonyl (C=O) groups excluding carboxylic acids is 1. The number of pyridine rings is 1. The summed E-state index contributed by atoms with van der Waals surface area (Å²) in [6, 6.07) is 20.1. The third-order valence-corrected chi connectivity index (χ3v) is 7.41. The Hall–Kier alpha value is -3.28. The van der Waals surface area contributed by atoms with Crippen LogP contribution in [0.2, 0.25) is 0 Å². The fourth-order valence-electron chi connectivity index (χ4n) is 3.72. The molecule has 0 saturated heterocycles. The second kappa shape index (κ2) is 7.76. The quantitative estimate of drug-likeness (QED) is 0.254. The number of hydrogen-bond acceptors (Lipinski definition) is 7. The number of benzene rings is 2. The first-order valence-corrected chi connectivity index (χ1v) is 11.4. The van der Waals surface area contributed by atoms with Gasteiger partial charge in [-0.2, -0.15) is 5.26 Å². The highest BCUT2D eigenvalue weighted by atomic mass is 32.2. The highest BCUT2D eigenvalue weighted by molar-refractivity contribution is 8.03. The molecule has 0 aliphatic carbocycles. The van der Waals surface area contributed by atoms with E-state index < -0.39 is 0 Å². The SMILES string of the molecule is Cc1cc2nnc(SCC(=O)C(C#N)=C3Sc4ccccc4N3C)n2c2ccccc12. The molecule has 0 unspecified atom stereocenters. The molecule has 31 heavy (non-hydrogen) atoms. The maximum absolute atomic E-state index is 13.0. The van der Waals surface area contributed by atoms with Crippen molar-refractivity contribution in [1.82, 2.24) is 14.6 Å². The van der Waals surface area contributed by atoms with E-state index in [1.807, 2.05) is 71.8 Å². The van der Waals surface area contributed by atoms with Crippen molar-refractivity contribution in [2.24, 2.45) is 0 Å². The number of fused-ring (bicyclic) bond motifs is 4. The van der Waals surface area contributed by atoms with Gasteiger partial charge in [-0.15, -0.1) is 10.2 Å². The number of para-hydroxylation sites is 2. The van der Waals surface area contributed by atoms with Crippen molar-refractivity contribution in [2.45, 2.75) is 17.0 Å². The Bertz CT molecular complexity index is 1430. The maximum atomic E-state index is 13.0. The van der Waals surface area contributed by atoms with E-state index in [9.17, 15) is 10.1 Å². The van der Waals surface area contributed by atoms with E-state index in [2.05, 4.69) is 22.3 Å². The van der Waals surface area contributed by atoms with Crippen molar-refractivity contribution in [1.29, 1.82) is 5.26 Å². The Morgan fingerprint density at radius 1 is 1.16 bits per heavy atom. The van der Waals surface area contributed by atoms with Crippen LogP contribution in [-0.2, 0) is 4.79 Å². The summed E-state index contributed by atoms with van der Waals surface area (Å²) in [5.74, 6) is -0.108. The number of Topliss-reactive ketones (excluding diaryl/α,β-unsaturated/α-hetero) is 1. The number of aryl methyl sites for hydroxylation is 1. The molecule has 2 aromatic heterocycles. The van der Waals surface area contributed by atoms with Gasteiger partial charge in [-0.25, -0.2) is 0 Å². The molecule has 3 heterocycles. The highest BCUT2D eigenvalue weighted by Gasteiger charge is 2.28. The zero-order chi connectivity index (χ0) is 21.5. The summed E-state index contributed by atoms with van der Waals surface area (Å²) in [5, 5.41) is 20.7. The predicted molar refractivity (Wildman–Crippen MR) is 124 cm³/mol. The predicted octanol–water partition coefficient (Wildman–Crippen LogP) is 4.83. The summed E-state index contributed by atoms with van der Waals surface area (Å²) in [4.78, 5) is 16.0. The Morgan fingerprint density at radius 2 is 1.94 bits per heavy atom. The first kappa shape index (κ1) is 19.7. The number of nitriles is 1. The Kier molecular flexibility index (Phi) is 4.93. The van der Waals surface area contributed by atoms with Crippen molar-refractivity contribution < 1.29 is 4.79 Å². The monoisotopic (exact) mass is 443 g/mol. The molecule has 0 spiro atoms. The van der Waals surface area contributed by atoms with Crippen LogP contribution in [0.1, 0.15) is 5.56 Å². The molecule has 1 aliphatic heterocycles. The van der Waals surface area contributed by atoms with Crippen LogP contribution in [0.5, 0.6) is 0 Å². The van der Waals surface area contributed by atoms with E-state index in [1.165, 1.54) is 23.5 Å². The minimum absolute atomic E-state index is 0.111. The second-order valence-electron chi connectivity index (χ2n) is 7.15. The van der Waals surface area contributed by atoms with E-state index in [0.717, 1.165) is 32.7 Å². The van der Waals surface area contributed by atoms with Gasteiger partial charge in [-0.05, 0) is 36.8 Å². The molecule has 152 valence electrons. The lowest BCUT2D eigenvalue weighted by Gasteiger charge is -2.14. The number of hydrogen-bond donors (Lipinski definition) is 0. The Morgan fingerprint density at radius 3 is 2.74 bits per heavy atom. The number of allylic oxidation sites excluding steroid dienone is 1. The molecule has 0 radical (unpaired) electrons. The topological polar surface area (TPSA) is 74.3 Å². The van der Waals surface area contributed by atoms with Crippen LogP contribution in [0, 0.1) is 18.3 Å². The maximum Gasteiger partial charge on any atom is 0.196 e. The number of ketones is 1. The van der Waals surface area contributed by atoms with E-state index in [1.54, 1.807) is 0 Å². The van der Waals surface area contributed by atoms with Gasteiger partial charge in [-0.1, -0.05) is 53.9 Å². The fourth-order valence-corrected chi connectivity index (χ4v) is 5.71. The summed E-state index contributed by atoms with van der Waals surface area (Å²) in [7, 11) is 1.88. The summed E-state index contributed by atoms with van der Waals surface area (Å²) in [6.45, 7) is 2.05. The molecule has 0 atom stereocenters. The molecule has 8 heteroatoms. The van der Waals surface area contributed by atoms with Crippen LogP contribution in [0.4, 0.5) is 5.69 Å². The normalized spacial score (nSPS) is 14.7. The molecule has 4 aromatic rings. The minimum Gasteiger partial charge on any atom is -0.337 e. The van der Waals surface area contributed by atoms with Crippen LogP contribution in [-0.4, -0.2) is 33.2 Å². The first-order valence-electron chi connectivity index (χ1n) is 9.63. The summed E-state index contributed by atoms with van der Waals surface area (Å²) >= 11 is 2.75. The summed E-state index contributed by atoms with van der Waals surface area (Å²) in [6.07, 6.45) is 0. The van der Waals surface area contributed by atoms with Gasteiger partial charge in [0.25, 0.3) is 0 Å². The number of aromatic nitrogens is 3. The molecular formula is C23H17N5OS2. The van der Waals surface area contributed by atoms with E-state index in [4.69, 9.17) is 0 Å². The van der Waals surface area contributed by atoms with E-state index >= 15 is 0 Å². The molecule has 1 aliphatic rings. The number of nitrogens with zero attached hydrogens (tertiary/aromatic N) is 5. The van der Waals surface area contributed by atoms with Gasteiger partial charge in [0.1, 0.15) is 16.7 Å². The van der Waals surface area contributed by atoms with Crippen molar-refractivity contribution in [3.63, 3.8) is 0 Å². The average molecular weight is 444 g/mol. The molecule has 0 fully saturated rings. The van der Waals surface area contributed by atoms with Crippen molar-refractivity contribution in [2.75, 3.05) is 17.7 Å². The largest absolute Gasteiger partial charge is 0.337 e.